The normalized spacial score (nSPS) is 14.9. The van der Waals surface area contributed by atoms with Gasteiger partial charge in [-0.2, -0.15) is 0 Å². The van der Waals surface area contributed by atoms with Crippen molar-refractivity contribution in [3.8, 4) is 5.75 Å². The molecule has 1 heterocycles. The molecule has 0 saturated carbocycles. The lowest BCUT2D eigenvalue weighted by Gasteiger charge is -2.32. The molecule has 3 rings (SSSR count). The number of benzene rings is 2. The smallest absolute Gasteiger partial charge is 0.313 e. The predicted molar refractivity (Wildman–Crippen MR) is 119 cm³/mol. The number of amides is 2. The predicted octanol–water partition coefficient (Wildman–Crippen LogP) is 3.01. The lowest BCUT2D eigenvalue weighted by Crippen LogP contribution is -2.42. The number of hydrogen-bond donors (Lipinski definition) is 2. The Bertz CT molecular complexity index is 846. The zero-order valence-electron chi connectivity index (χ0n) is 17.8. The summed E-state index contributed by atoms with van der Waals surface area (Å²) in [4.78, 5) is 26.9. The van der Waals surface area contributed by atoms with Gasteiger partial charge in [0, 0.05) is 13.1 Å². The molecule has 1 saturated heterocycles. The summed E-state index contributed by atoms with van der Waals surface area (Å²) in [5.41, 5.74) is 2.85. The third kappa shape index (κ3) is 6.32. The quantitative estimate of drug-likeness (QED) is 0.690. The second kappa shape index (κ2) is 10.8. The van der Waals surface area contributed by atoms with E-state index >= 15 is 0 Å². The van der Waals surface area contributed by atoms with Crippen molar-refractivity contribution in [3.05, 3.63) is 59.7 Å². The number of ether oxygens (including phenoxy) is 1. The number of nitrogens with one attached hydrogen (secondary N) is 2. The van der Waals surface area contributed by atoms with Crippen molar-refractivity contribution in [2.75, 3.05) is 38.6 Å². The van der Waals surface area contributed by atoms with Gasteiger partial charge in [0.1, 0.15) is 5.75 Å². The number of hydrogen-bond acceptors (Lipinski definition) is 4. The van der Waals surface area contributed by atoms with Crippen LogP contribution in [0.2, 0.25) is 0 Å². The Morgan fingerprint density at radius 2 is 1.80 bits per heavy atom. The summed E-state index contributed by atoms with van der Waals surface area (Å²) in [6.45, 7) is 5.56. The molecule has 30 heavy (non-hydrogen) atoms. The molecular weight excluding hydrogens is 378 g/mol. The van der Waals surface area contributed by atoms with Crippen molar-refractivity contribution < 1.29 is 14.3 Å². The highest BCUT2D eigenvalue weighted by Gasteiger charge is 2.21. The minimum Gasteiger partial charge on any atom is -0.495 e. The maximum absolute atomic E-state index is 12.2. The van der Waals surface area contributed by atoms with Gasteiger partial charge in [-0.1, -0.05) is 36.4 Å². The van der Waals surface area contributed by atoms with E-state index < -0.39 is 11.8 Å². The SMILES string of the molecule is COc1ccc(C)cc1NC(=O)C(=O)NCC1CCN(CCc2ccccc2)CC1. The van der Waals surface area contributed by atoms with Crippen LogP contribution in [-0.2, 0) is 16.0 Å². The molecule has 0 bridgehead atoms. The van der Waals surface area contributed by atoms with Crippen LogP contribution in [-0.4, -0.2) is 50.0 Å². The number of rotatable bonds is 7. The number of carbonyl (C=O) groups is 2. The first-order chi connectivity index (χ1) is 14.5. The molecule has 2 aromatic carbocycles. The van der Waals surface area contributed by atoms with Crippen molar-refractivity contribution >= 4 is 17.5 Å². The van der Waals surface area contributed by atoms with Gasteiger partial charge >= 0.3 is 11.8 Å². The van der Waals surface area contributed by atoms with E-state index in [1.807, 2.05) is 19.1 Å². The zero-order chi connectivity index (χ0) is 21.3. The number of anilines is 1. The van der Waals surface area contributed by atoms with Gasteiger partial charge in [0.15, 0.2) is 0 Å². The van der Waals surface area contributed by atoms with E-state index in [0.717, 1.165) is 44.5 Å². The van der Waals surface area contributed by atoms with Crippen molar-refractivity contribution in [2.24, 2.45) is 5.92 Å². The highest BCUT2D eigenvalue weighted by molar-refractivity contribution is 6.39. The molecule has 0 radical (unpaired) electrons. The van der Waals surface area contributed by atoms with E-state index in [0.29, 0.717) is 23.9 Å². The Labute approximate surface area is 178 Å². The van der Waals surface area contributed by atoms with E-state index in [9.17, 15) is 9.59 Å². The Balaban J connectivity index is 1.38. The summed E-state index contributed by atoms with van der Waals surface area (Å²) >= 11 is 0. The van der Waals surface area contributed by atoms with Gasteiger partial charge in [0.25, 0.3) is 0 Å². The third-order valence-electron chi connectivity index (χ3n) is 5.63. The standard InChI is InChI=1S/C24H31N3O3/c1-18-8-9-22(30-2)21(16-18)26-24(29)23(28)25-17-20-11-14-27(15-12-20)13-10-19-6-4-3-5-7-19/h3-9,16,20H,10-15,17H2,1-2H3,(H,25,28)(H,26,29). The number of aryl methyl sites for hydroxylation is 1. The number of nitrogens with zero attached hydrogens (tertiary/aromatic N) is 1. The second-order valence-electron chi connectivity index (χ2n) is 7.89. The highest BCUT2D eigenvalue weighted by Crippen LogP contribution is 2.25. The molecule has 1 fully saturated rings. The topological polar surface area (TPSA) is 70.7 Å². The summed E-state index contributed by atoms with van der Waals surface area (Å²) in [6, 6.07) is 16.0. The van der Waals surface area contributed by atoms with Crippen molar-refractivity contribution in [1.29, 1.82) is 0 Å². The monoisotopic (exact) mass is 409 g/mol. The molecule has 2 N–H and O–H groups in total. The van der Waals surface area contributed by atoms with Gasteiger partial charge in [-0.15, -0.1) is 0 Å². The minimum absolute atomic E-state index is 0.406. The van der Waals surface area contributed by atoms with Crippen LogP contribution < -0.4 is 15.4 Å². The Hall–Kier alpha value is -2.86. The molecule has 2 aromatic rings. The molecular formula is C24H31N3O3. The molecule has 0 aliphatic carbocycles. The molecule has 6 nitrogen and oxygen atoms in total. The van der Waals surface area contributed by atoms with Crippen molar-refractivity contribution in [3.63, 3.8) is 0 Å². The number of carbonyl (C=O) groups excluding carboxylic acids is 2. The van der Waals surface area contributed by atoms with Gasteiger partial charge in [0.05, 0.1) is 12.8 Å². The third-order valence-corrected chi connectivity index (χ3v) is 5.63. The number of piperidine rings is 1. The van der Waals surface area contributed by atoms with E-state index in [2.05, 4.69) is 39.8 Å². The lowest BCUT2D eigenvalue weighted by atomic mass is 9.96. The van der Waals surface area contributed by atoms with Crippen LogP contribution in [0.25, 0.3) is 0 Å². The van der Waals surface area contributed by atoms with Crippen molar-refractivity contribution in [1.82, 2.24) is 10.2 Å². The zero-order valence-corrected chi connectivity index (χ0v) is 17.8. The lowest BCUT2D eigenvalue weighted by molar-refractivity contribution is -0.136. The fraction of sp³-hybridized carbons (Fsp3) is 0.417. The molecule has 0 unspecified atom stereocenters. The molecule has 2 amide bonds. The molecule has 0 aromatic heterocycles. The molecule has 160 valence electrons. The summed E-state index contributed by atoms with van der Waals surface area (Å²) < 4.78 is 5.24. The fourth-order valence-corrected chi connectivity index (χ4v) is 3.76. The van der Waals surface area contributed by atoms with Gasteiger partial charge in [-0.3, -0.25) is 9.59 Å². The van der Waals surface area contributed by atoms with Crippen LogP contribution >= 0.6 is 0 Å². The van der Waals surface area contributed by atoms with Crippen molar-refractivity contribution in [2.45, 2.75) is 26.2 Å². The fourth-order valence-electron chi connectivity index (χ4n) is 3.76. The first-order valence-corrected chi connectivity index (χ1v) is 10.5. The second-order valence-corrected chi connectivity index (χ2v) is 7.89. The van der Waals surface area contributed by atoms with Crippen LogP contribution in [0.15, 0.2) is 48.5 Å². The summed E-state index contributed by atoms with van der Waals surface area (Å²) in [6.07, 6.45) is 3.12. The first-order valence-electron chi connectivity index (χ1n) is 10.5. The first kappa shape index (κ1) is 21.8. The van der Waals surface area contributed by atoms with E-state index in [4.69, 9.17) is 4.74 Å². The molecule has 0 spiro atoms. The van der Waals surface area contributed by atoms with Crippen LogP contribution in [0.4, 0.5) is 5.69 Å². The molecule has 1 aliphatic heterocycles. The average molecular weight is 410 g/mol. The number of methoxy groups -OCH3 is 1. The Kier molecular flexibility index (Phi) is 7.85. The van der Waals surface area contributed by atoms with Gasteiger partial charge < -0.3 is 20.3 Å². The van der Waals surface area contributed by atoms with Gasteiger partial charge in [-0.25, -0.2) is 0 Å². The Morgan fingerprint density at radius 3 is 2.50 bits per heavy atom. The molecule has 6 heteroatoms. The summed E-state index contributed by atoms with van der Waals surface area (Å²) in [7, 11) is 1.53. The van der Waals surface area contributed by atoms with Crippen LogP contribution in [0.1, 0.15) is 24.0 Å². The van der Waals surface area contributed by atoms with Crippen LogP contribution in [0.3, 0.4) is 0 Å². The minimum atomic E-state index is -0.667. The maximum Gasteiger partial charge on any atom is 0.313 e. The van der Waals surface area contributed by atoms with Crippen LogP contribution in [0, 0.1) is 12.8 Å². The Morgan fingerprint density at radius 1 is 1.07 bits per heavy atom. The van der Waals surface area contributed by atoms with E-state index in [1.165, 1.54) is 12.7 Å². The van der Waals surface area contributed by atoms with E-state index in [1.54, 1.807) is 12.1 Å². The van der Waals surface area contributed by atoms with Gasteiger partial charge in [0.2, 0.25) is 0 Å². The average Bonchev–Trinajstić information content (AvgIpc) is 2.77. The summed E-state index contributed by atoms with van der Waals surface area (Å²) in [5.74, 6) is -0.336. The molecule has 1 aliphatic rings. The van der Waals surface area contributed by atoms with E-state index in [-0.39, 0.29) is 0 Å². The number of likely N-dealkylation sites (tertiary alicyclic amines) is 1. The highest BCUT2D eigenvalue weighted by atomic mass is 16.5. The largest absolute Gasteiger partial charge is 0.495 e. The maximum atomic E-state index is 12.2. The van der Waals surface area contributed by atoms with Gasteiger partial charge in [-0.05, 0) is 68.5 Å². The molecule has 0 atom stereocenters. The summed E-state index contributed by atoms with van der Waals surface area (Å²) in [5, 5.41) is 5.43. The van der Waals surface area contributed by atoms with Crippen LogP contribution in [0.5, 0.6) is 5.75 Å².